The highest BCUT2D eigenvalue weighted by Crippen LogP contribution is 2.42. The summed E-state index contributed by atoms with van der Waals surface area (Å²) in [5.41, 5.74) is 4.04. The molecule has 1 fully saturated rings. The van der Waals surface area contributed by atoms with Crippen LogP contribution in [0.2, 0.25) is 0 Å². The molecule has 1 atom stereocenters. The van der Waals surface area contributed by atoms with E-state index in [1.54, 1.807) is 7.11 Å². The van der Waals surface area contributed by atoms with Crippen LogP contribution in [0.1, 0.15) is 46.0 Å². The van der Waals surface area contributed by atoms with Crippen molar-refractivity contribution in [2.75, 3.05) is 7.11 Å². The molecule has 1 aliphatic carbocycles. The average molecular weight is 460 g/mol. The Hall–Kier alpha value is -3.38. The minimum Gasteiger partial charge on any atom is -0.507 e. The van der Waals surface area contributed by atoms with E-state index in [0.717, 1.165) is 29.7 Å². The average Bonchev–Trinajstić information content (AvgIpc) is 3.46. The lowest BCUT2D eigenvalue weighted by atomic mass is 9.89. The predicted molar refractivity (Wildman–Crippen MR) is 128 cm³/mol. The number of Topliss-reactive ketones (excluding diaryl/α,β-unsaturated/α-hetero) is 1. The van der Waals surface area contributed by atoms with Crippen molar-refractivity contribution < 1.29 is 19.4 Å². The van der Waals surface area contributed by atoms with Gasteiger partial charge in [-0.05, 0) is 60.4 Å². The third-order valence-electron chi connectivity index (χ3n) is 6.51. The summed E-state index contributed by atoms with van der Waals surface area (Å²) in [5.74, 6) is -0.723. The first-order valence-corrected chi connectivity index (χ1v) is 12.0. The minimum atomic E-state index is -0.654. The van der Waals surface area contributed by atoms with Crippen molar-refractivity contribution >= 4 is 28.8 Å². The molecule has 0 spiro atoms. The second kappa shape index (κ2) is 8.87. The molecule has 1 aromatic heterocycles. The maximum atomic E-state index is 13.2. The standard InChI is InChI=1S/C27H25NO4S/c1-32-21-10-5-4-9-20(21)16-28-24(22-11-6-14-33-22)23(26(30)27(28)31)25(29)19-13-12-17-7-2-3-8-18(17)15-19/h4-6,9-15,24,29H,2-3,7-8,16H2,1H3/b25-23-. The van der Waals surface area contributed by atoms with E-state index in [0.29, 0.717) is 11.3 Å². The van der Waals surface area contributed by atoms with Crippen molar-refractivity contribution in [1.29, 1.82) is 0 Å². The number of thiophene rings is 1. The van der Waals surface area contributed by atoms with Crippen molar-refractivity contribution in [1.82, 2.24) is 4.90 Å². The lowest BCUT2D eigenvalue weighted by Crippen LogP contribution is -2.29. The molecule has 1 unspecified atom stereocenters. The van der Waals surface area contributed by atoms with Gasteiger partial charge in [0.15, 0.2) is 0 Å². The number of carbonyl (C=O) groups excluding carboxylic acids is 2. The van der Waals surface area contributed by atoms with Crippen LogP contribution in [0.4, 0.5) is 0 Å². The summed E-state index contributed by atoms with van der Waals surface area (Å²) in [7, 11) is 1.58. The Labute approximate surface area is 196 Å². The van der Waals surface area contributed by atoms with Crippen LogP contribution in [0, 0.1) is 0 Å². The highest BCUT2D eigenvalue weighted by Gasteiger charge is 2.46. The van der Waals surface area contributed by atoms with Gasteiger partial charge in [-0.15, -0.1) is 11.3 Å². The van der Waals surface area contributed by atoms with Crippen LogP contribution in [0.3, 0.4) is 0 Å². The van der Waals surface area contributed by atoms with Gasteiger partial charge in [0.1, 0.15) is 11.5 Å². The molecule has 1 amide bonds. The van der Waals surface area contributed by atoms with Crippen LogP contribution in [-0.4, -0.2) is 28.8 Å². The molecule has 5 nitrogen and oxygen atoms in total. The van der Waals surface area contributed by atoms with Crippen LogP contribution in [0.5, 0.6) is 5.75 Å². The van der Waals surface area contributed by atoms with Crippen LogP contribution in [0.25, 0.3) is 5.76 Å². The fourth-order valence-electron chi connectivity index (χ4n) is 4.84. The lowest BCUT2D eigenvalue weighted by Gasteiger charge is -2.25. The van der Waals surface area contributed by atoms with Gasteiger partial charge in [0, 0.05) is 16.0 Å². The SMILES string of the molecule is COc1ccccc1CN1C(=O)C(=O)/C(=C(\O)c2ccc3c(c2)CCCC3)C1c1cccs1. The minimum absolute atomic E-state index is 0.109. The summed E-state index contributed by atoms with van der Waals surface area (Å²) in [6.07, 6.45) is 4.29. The summed E-state index contributed by atoms with van der Waals surface area (Å²) < 4.78 is 5.46. The first-order valence-electron chi connectivity index (χ1n) is 11.1. The maximum Gasteiger partial charge on any atom is 0.295 e. The number of benzene rings is 2. The number of hydrogen-bond donors (Lipinski definition) is 1. The van der Waals surface area contributed by atoms with Crippen LogP contribution >= 0.6 is 11.3 Å². The van der Waals surface area contributed by atoms with Gasteiger partial charge in [-0.3, -0.25) is 9.59 Å². The summed E-state index contributed by atoms with van der Waals surface area (Å²) in [5, 5.41) is 13.2. The van der Waals surface area contributed by atoms with Crippen molar-refractivity contribution in [3.8, 4) is 5.75 Å². The molecule has 33 heavy (non-hydrogen) atoms. The Balaban J connectivity index is 1.60. The van der Waals surface area contributed by atoms with Crippen molar-refractivity contribution in [2.45, 2.75) is 38.3 Å². The van der Waals surface area contributed by atoms with E-state index < -0.39 is 17.7 Å². The number of likely N-dealkylation sites (tertiary alicyclic amines) is 1. The number of para-hydroxylation sites is 1. The molecule has 5 rings (SSSR count). The van der Waals surface area contributed by atoms with Gasteiger partial charge >= 0.3 is 0 Å². The molecule has 2 aliphatic rings. The van der Waals surface area contributed by atoms with Gasteiger partial charge in [0.2, 0.25) is 0 Å². The molecule has 0 bridgehead atoms. The van der Waals surface area contributed by atoms with Crippen LogP contribution in [0.15, 0.2) is 65.6 Å². The Morgan fingerprint density at radius 1 is 1.06 bits per heavy atom. The van der Waals surface area contributed by atoms with E-state index in [4.69, 9.17) is 4.74 Å². The monoisotopic (exact) mass is 459 g/mol. The molecule has 0 radical (unpaired) electrons. The van der Waals surface area contributed by atoms with Gasteiger partial charge in [0.05, 0.1) is 25.3 Å². The van der Waals surface area contributed by atoms with E-state index in [1.807, 2.05) is 60.0 Å². The zero-order valence-corrected chi connectivity index (χ0v) is 19.2. The topological polar surface area (TPSA) is 66.8 Å². The lowest BCUT2D eigenvalue weighted by molar-refractivity contribution is -0.140. The number of fused-ring (bicyclic) bond motifs is 1. The Kier molecular flexibility index (Phi) is 5.77. The second-order valence-electron chi connectivity index (χ2n) is 8.44. The number of methoxy groups -OCH3 is 1. The summed E-state index contributed by atoms with van der Waals surface area (Å²) >= 11 is 1.47. The van der Waals surface area contributed by atoms with E-state index in [-0.39, 0.29) is 17.9 Å². The second-order valence-corrected chi connectivity index (χ2v) is 9.42. The number of nitrogens with zero attached hydrogens (tertiary/aromatic N) is 1. The Morgan fingerprint density at radius 2 is 1.85 bits per heavy atom. The zero-order valence-electron chi connectivity index (χ0n) is 18.4. The molecule has 2 heterocycles. The van der Waals surface area contributed by atoms with Gasteiger partial charge in [-0.1, -0.05) is 36.4 Å². The number of amides is 1. The molecule has 0 saturated carbocycles. The highest BCUT2D eigenvalue weighted by atomic mass is 32.1. The van der Waals surface area contributed by atoms with Crippen molar-refractivity contribution in [3.63, 3.8) is 0 Å². The molecule has 3 aromatic rings. The third kappa shape index (κ3) is 3.85. The largest absolute Gasteiger partial charge is 0.507 e. The van der Waals surface area contributed by atoms with E-state index in [1.165, 1.54) is 33.8 Å². The number of rotatable bonds is 5. The maximum absolute atomic E-state index is 13.2. The van der Waals surface area contributed by atoms with E-state index in [2.05, 4.69) is 0 Å². The number of hydrogen-bond acceptors (Lipinski definition) is 5. The molecular weight excluding hydrogens is 434 g/mol. The number of aryl methyl sites for hydroxylation is 2. The van der Waals surface area contributed by atoms with Gasteiger partial charge in [0.25, 0.3) is 11.7 Å². The molecule has 1 N–H and O–H groups in total. The van der Waals surface area contributed by atoms with Crippen molar-refractivity contribution in [3.05, 3.63) is 92.7 Å². The molecular formula is C27H25NO4S. The van der Waals surface area contributed by atoms with Crippen molar-refractivity contribution in [2.24, 2.45) is 0 Å². The molecule has 6 heteroatoms. The van der Waals surface area contributed by atoms with E-state index >= 15 is 0 Å². The quantitative estimate of drug-likeness (QED) is 0.321. The van der Waals surface area contributed by atoms with Crippen LogP contribution in [-0.2, 0) is 29.0 Å². The smallest absolute Gasteiger partial charge is 0.295 e. The summed E-state index contributed by atoms with van der Waals surface area (Å²) in [4.78, 5) is 28.8. The molecule has 1 aliphatic heterocycles. The Morgan fingerprint density at radius 3 is 2.61 bits per heavy atom. The Bertz CT molecular complexity index is 1240. The predicted octanol–water partition coefficient (Wildman–Crippen LogP) is 5.26. The normalized spacial score (nSPS) is 19.5. The number of aliphatic hydroxyl groups is 1. The van der Waals surface area contributed by atoms with Crippen LogP contribution < -0.4 is 4.74 Å². The summed E-state index contributed by atoms with van der Waals surface area (Å²) in [6.45, 7) is 0.206. The fraction of sp³-hybridized carbons (Fsp3) is 0.259. The number of aliphatic hydroxyl groups excluding tert-OH is 1. The third-order valence-corrected chi connectivity index (χ3v) is 7.43. The van der Waals surface area contributed by atoms with Gasteiger partial charge in [-0.2, -0.15) is 0 Å². The zero-order chi connectivity index (χ0) is 22.9. The fourth-order valence-corrected chi connectivity index (χ4v) is 5.68. The number of ether oxygens (including phenoxy) is 1. The summed E-state index contributed by atoms with van der Waals surface area (Å²) in [6, 6.07) is 16.5. The first-order chi connectivity index (χ1) is 16.1. The molecule has 2 aromatic carbocycles. The van der Waals surface area contributed by atoms with E-state index in [9.17, 15) is 14.7 Å². The van der Waals surface area contributed by atoms with Gasteiger partial charge < -0.3 is 14.7 Å². The molecule has 168 valence electrons. The highest BCUT2D eigenvalue weighted by molar-refractivity contribution is 7.10. The molecule has 1 saturated heterocycles. The first kappa shape index (κ1) is 21.5. The number of ketones is 1. The van der Waals surface area contributed by atoms with Gasteiger partial charge in [-0.25, -0.2) is 0 Å². The number of carbonyl (C=O) groups is 2.